The molecular weight excluding hydrogens is 641 g/mol. The normalized spacial score (nSPS) is 11.8. The Morgan fingerprint density at radius 1 is 0.404 bits per heavy atom. The Morgan fingerprint density at radius 2 is 1.06 bits per heavy atom. The molecule has 52 heavy (non-hydrogen) atoms. The van der Waals surface area contributed by atoms with E-state index in [-0.39, 0.29) is 0 Å². The number of hydrogen-bond donors (Lipinski definition) is 0. The summed E-state index contributed by atoms with van der Waals surface area (Å²) >= 11 is 0. The van der Waals surface area contributed by atoms with E-state index >= 15 is 0 Å². The van der Waals surface area contributed by atoms with Crippen molar-refractivity contribution in [3.05, 3.63) is 170 Å². The summed E-state index contributed by atoms with van der Waals surface area (Å²) in [5.74, 6) is 0.549. The molecule has 0 spiro atoms. The quantitative estimate of drug-likeness (QED) is 0.183. The summed E-state index contributed by atoms with van der Waals surface area (Å²) in [6.45, 7) is 0. The molecule has 0 aliphatic rings. The van der Waals surface area contributed by atoms with Crippen LogP contribution in [0.4, 0.5) is 17.1 Å². The third kappa shape index (κ3) is 4.39. The lowest BCUT2D eigenvalue weighted by molar-refractivity contribution is 0.617. The van der Waals surface area contributed by atoms with E-state index in [9.17, 15) is 0 Å². The Labute approximate surface area is 297 Å². The lowest BCUT2D eigenvalue weighted by atomic mass is 9.98. The van der Waals surface area contributed by atoms with Crippen LogP contribution < -0.4 is 4.90 Å². The molecule has 0 saturated heterocycles. The predicted molar refractivity (Wildman–Crippen MR) is 212 cm³/mol. The van der Waals surface area contributed by atoms with Gasteiger partial charge in [-0.15, -0.1) is 0 Å². The summed E-state index contributed by atoms with van der Waals surface area (Å²) in [5, 5.41) is 6.54. The van der Waals surface area contributed by atoms with E-state index in [0.29, 0.717) is 11.5 Å². The molecular formula is C47H28N2O3. The zero-order valence-corrected chi connectivity index (χ0v) is 27.8. The number of benzene rings is 8. The lowest BCUT2D eigenvalue weighted by Gasteiger charge is -2.26. The minimum absolute atomic E-state index is 0.549. The molecule has 0 amide bonds. The molecule has 5 nitrogen and oxygen atoms in total. The fraction of sp³-hybridized carbons (Fsp3) is 0. The van der Waals surface area contributed by atoms with Crippen LogP contribution in [0.3, 0.4) is 0 Å². The summed E-state index contributed by atoms with van der Waals surface area (Å²) < 4.78 is 19.5. The molecule has 8 aromatic carbocycles. The number of aromatic nitrogens is 1. The van der Waals surface area contributed by atoms with Crippen molar-refractivity contribution in [2.45, 2.75) is 0 Å². The first-order valence-corrected chi connectivity index (χ1v) is 17.4. The van der Waals surface area contributed by atoms with Crippen LogP contribution in [0.1, 0.15) is 0 Å². The van der Waals surface area contributed by atoms with Gasteiger partial charge in [0.25, 0.3) is 0 Å². The van der Waals surface area contributed by atoms with Gasteiger partial charge in [-0.25, -0.2) is 4.98 Å². The predicted octanol–water partition coefficient (Wildman–Crippen LogP) is 13.6. The highest BCUT2D eigenvalue weighted by Crippen LogP contribution is 2.48. The molecule has 0 aliphatic heterocycles. The molecule has 0 saturated carbocycles. The smallest absolute Gasteiger partial charge is 0.227 e. The van der Waals surface area contributed by atoms with Gasteiger partial charge < -0.3 is 18.2 Å². The summed E-state index contributed by atoms with van der Waals surface area (Å²) in [7, 11) is 0. The van der Waals surface area contributed by atoms with Crippen molar-refractivity contribution in [1.29, 1.82) is 0 Å². The van der Waals surface area contributed by atoms with Gasteiger partial charge in [-0.05, 0) is 70.4 Å². The van der Waals surface area contributed by atoms with E-state index in [0.717, 1.165) is 77.6 Å². The number of oxazole rings is 1. The zero-order chi connectivity index (χ0) is 34.2. The molecule has 3 aromatic heterocycles. The van der Waals surface area contributed by atoms with Gasteiger partial charge in [0.1, 0.15) is 27.8 Å². The Kier molecular flexibility index (Phi) is 6.18. The highest BCUT2D eigenvalue weighted by atomic mass is 16.4. The van der Waals surface area contributed by atoms with E-state index in [4.69, 9.17) is 18.2 Å². The SMILES string of the molecule is c1ccc(-c2nc3c(N(c4ccc(-c5cccc6ccccc56)cc4)c4ccc5c(c4)oc4ccccc45)c4c(cc3o2)oc2ccccc24)cc1. The largest absolute Gasteiger partial charge is 0.456 e. The van der Waals surface area contributed by atoms with Gasteiger partial charge in [0.2, 0.25) is 5.89 Å². The molecule has 0 atom stereocenters. The van der Waals surface area contributed by atoms with Crippen LogP contribution in [0.15, 0.2) is 183 Å². The first kappa shape index (κ1) is 28.7. The van der Waals surface area contributed by atoms with Crippen LogP contribution >= 0.6 is 0 Å². The standard InChI is InChI=1S/C47H28N2O3/c1-2-12-31(13-3-1)47-48-45-43(52-47)28-42-44(38-17-7-9-20-40(38)51-42)46(45)49(33-25-26-37-36-16-6-8-19-39(36)50-41(37)27-33)32-23-21-30(22-24-32)35-18-10-14-29-11-4-5-15-34(29)35/h1-28H. The van der Waals surface area contributed by atoms with E-state index in [1.165, 1.54) is 16.3 Å². The van der Waals surface area contributed by atoms with Gasteiger partial charge in [-0.2, -0.15) is 0 Å². The molecule has 11 aromatic rings. The van der Waals surface area contributed by atoms with Crippen LogP contribution in [0.5, 0.6) is 0 Å². The van der Waals surface area contributed by atoms with Crippen molar-refractivity contribution in [2.24, 2.45) is 0 Å². The van der Waals surface area contributed by atoms with E-state index in [1.807, 2.05) is 72.8 Å². The number of hydrogen-bond acceptors (Lipinski definition) is 5. The molecule has 244 valence electrons. The number of nitrogens with zero attached hydrogens (tertiary/aromatic N) is 2. The molecule has 0 unspecified atom stereocenters. The molecule has 3 heterocycles. The third-order valence-electron chi connectivity index (χ3n) is 10.1. The molecule has 0 bridgehead atoms. The van der Waals surface area contributed by atoms with Gasteiger partial charge in [-0.3, -0.25) is 0 Å². The van der Waals surface area contributed by atoms with Gasteiger partial charge in [-0.1, -0.05) is 109 Å². The van der Waals surface area contributed by atoms with Crippen molar-refractivity contribution in [1.82, 2.24) is 4.98 Å². The lowest BCUT2D eigenvalue weighted by Crippen LogP contribution is -2.11. The minimum atomic E-state index is 0.549. The maximum atomic E-state index is 6.53. The first-order chi connectivity index (χ1) is 25.8. The van der Waals surface area contributed by atoms with Crippen molar-refractivity contribution in [2.75, 3.05) is 4.90 Å². The minimum Gasteiger partial charge on any atom is -0.456 e. The molecule has 0 radical (unpaired) electrons. The number of para-hydroxylation sites is 2. The van der Waals surface area contributed by atoms with Crippen molar-refractivity contribution in [3.63, 3.8) is 0 Å². The highest BCUT2D eigenvalue weighted by molar-refractivity contribution is 6.20. The average molecular weight is 669 g/mol. The highest BCUT2D eigenvalue weighted by Gasteiger charge is 2.27. The molecule has 5 heteroatoms. The molecule has 0 N–H and O–H groups in total. The number of furan rings is 2. The van der Waals surface area contributed by atoms with Crippen LogP contribution in [-0.4, -0.2) is 4.98 Å². The van der Waals surface area contributed by atoms with Crippen LogP contribution in [0.2, 0.25) is 0 Å². The van der Waals surface area contributed by atoms with Crippen LogP contribution in [0, 0.1) is 0 Å². The monoisotopic (exact) mass is 668 g/mol. The first-order valence-electron chi connectivity index (χ1n) is 17.4. The topological polar surface area (TPSA) is 55.6 Å². The summed E-state index contributed by atoms with van der Waals surface area (Å²) in [6, 6.07) is 58.5. The second kappa shape index (κ2) is 11.2. The number of rotatable bonds is 5. The van der Waals surface area contributed by atoms with Gasteiger partial charge in [0.05, 0.1) is 11.1 Å². The maximum absolute atomic E-state index is 6.53. The summed E-state index contributed by atoms with van der Waals surface area (Å²) in [5.41, 5.74) is 10.6. The summed E-state index contributed by atoms with van der Waals surface area (Å²) in [6.07, 6.45) is 0. The summed E-state index contributed by atoms with van der Waals surface area (Å²) in [4.78, 5) is 7.48. The third-order valence-corrected chi connectivity index (χ3v) is 10.1. The second-order valence-corrected chi connectivity index (χ2v) is 13.1. The van der Waals surface area contributed by atoms with Crippen molar-refractivity contribution < 1.29 is 13.3 Å². The molecule has 0 fully saturated rings. The van der Waals surface area contributed by atoms with Crippen LogP contribution in [0.25, 0.3) is 88.3 Å². The van der Waals surface area contributed by atoms with E-state index in [2.05, 4.69) is 102 Å². The molecule has 11 rings (SSSR count). The molecule has 0 aliphatic carbocycles. The van der Waals surface area contributed by atoms with E-state index < -0.39 is 0 Å². The number of anilines is 3. The fourth-order valence-corrected chi connectivity index (χ4v) is 7.70. The Balaban J connectivity index is 1.20. The Bertz CT molecular complexity index is 3130. The Hall–Kier alpha value is -7.11. The Morgan fingerprint density at radius 3 is 1.90 bits per heavy atom. The van der Waals surface area contributed by atoms with Crippen LogP contribution in [-0.2, 0) is 0 Å². The fourth-order valence-electron chi connectivity index (χ4n) is 7.70. The average Bonchev–Trinajstić information content (AvgIpc) is 3.91. The maximum Gasteiger partial charge on any atom is 0.227 e. The van der Waals surface area contributed by atoms with Gasteiger partial charge in [0, 0.05) is 45.2 Å². The number of fused-ring (bicyclic) bond motifs is 8. The van der Waals surface area contributed by atoms with Gasteiger partial charge >= 0.3 is 0 Å². The van der Waals surface area contributed by atoms with Gasteiger partial charge in [0.15, 0.2) is 5.58 Å². The van der Waals surface area contributed by atoms with Crippen molar-refractivity contribution in [3.8, 4) is 22.6 Å². The van der Waals surface area contributed by atoms with Crippen molar-refractivity contribution >= 4 is 82.8 Å². The second-order valence-electron chi connectivity index (χ2n) is 13.1. The van der Waals surface area contributed by atoms with E-state index in [1.54, 1.807) is 0 Å². The zero-order valence-electron chi connectivity index (χ0n) is 27.8.